The lowest BCUT2D eigenvalue weighted by molar-refractivity contribution is 0.0653. The monoisotopic (exact) mass is 183 g/mol. The van der Waals surface area contributed by atoms with Gasteiger partial charge in [0.15, 0.2) is 17.2 Å². The first-order valence-electron chi connectivity index (χ1n) is 3.27. The number of ether oxygens (including phenoxy) is 1. The van der Waals surface area contributed by atoms with E-state index in [-0.39, 0.29) is 5.56 Å². The fraction of sp³-hybridized carbons (Fsp3) is 0. The van der Waals surface area contributed by atoms with Gasteiger partial charge in [-0.3, -0.25) is 0 Å². The predicted molar refractivity (Wildman–Crippen MR) is 42.2 cm³/mol. The molecule has 0 saturated carbocycles. The maximum absolute atomic E-state index is 10.8. The van der Waals surface area contributed by atoms with E-state index in [9.17, 15) is 4.79 Å². The molecule has 1 aromatic rings. The van der Waals surface area contributed by atoms with Gasteiger partial charge in [0, 0.05) is 0 Å². The van der Waals surface area contributed by atoms with E-state index in [1.54, 1.807) is 0 Å². The summed E-state index contributed by atoms with van der Waals surface area (Å²) in [6.07, 6.45) is 0. The molecule has 0 atom stereocenters. The maximum atomic E-state index is 10.8. The molecule has 1 aromatic carbocycles. The molecule has 1 radical (unpaired) electrons. The van der Waals surface area contributed by atoms with E-state index >= 15 is 0 Å². The number of benzene rings is 1. The minimum absolute atomic E-state index is 0.0946. The first kappa shape index (κ1) is 9.18. The van der Waals surface area contributed by atoms with Crippen molar-refractivity contribution < 1.29 is 24.9 Å². The summed E-state index contributed by atoms with van der Waals surface area (Å²) in [4.78, 5) is 10.8. The van der Waals surface area contributed by atoms with Gasteiger partial charge in [-0.05, 0) is 12.1 Å². The van der Waals surface area contributed by atoms with Gasteiger partial charge in [-0.25, -0.2) is 4.79 Å². The summed E-state index contributed by atoms with van der Waals surface area (Å²) in [5.41, 5.74) is -0.0946. The van der Waals surface area contributed by atoms with Crippen molar-refractivity contribution in [1.29, 1.82) is 0 Å². The Morgan fingerprint density at radius 3 is 2.08 bits per heavy atom. The minimum Gasteiger partial charge on any atom is -0.504 e. The van der Waals surface area contributed by atoms with Crippen molar-refractivity contribution in [2.45, 2.75) is 0 Å². The molecule has 0 spiro atoms. The average Bonchev–Trinajstić information content (AvgIpc) is 2.12. The number of phenols is 3. The molecule has 0 saturated heterocycles. The Balaban J connectivity index is 3.20. The third-order valence-corrected chi connectivity index (χ3v) is 1.44. The molecule has 0 fully saturated rings. The van der Waals surface area contributed by atoms with Crippen molar-refractivity contribution in [3.8, 4) is 17.2 Å². The number of aromatic hydroxyl groups is 3. The second kappa shape index (κ2) is 3.22. The van der Waals surface area contributed by atoms with E-state index in [1.165, 1.54) is 0 Å². The van der Waals surface area contributed by atoms with E-state index < -0.39 is 23.2 Å². The van der Waals surface area contributed by atoms with Crippen LogP contribution in [0.5, 0.6) is 17.2 Å². The van der Waals surface area contributed by atoms with E-state index in [2.05, 4.69) is 11.8 Å². The van der Waals surface area contributed by atoms with Crippen molar-refractivity contribution in [1.82, 2.24) is 0 Å². The summed E-state index contributed by atoms with van der Waals surface area (Å²) in [6.45, 7) is 0. The summed E-state index contributed by atoms with van der Waals surface area (Å²) >= 11 is 0. The number of phenolic OH excluding ortho intramolecular Hbond substituents is 3. The number of carbonyl (C=O) groups excluding carboxylic acids is 1. The topological polar surface area (TPSA) is 87.0 Å². The van der Waals surface area contributed by atoms with Gasteiger partial charge in [-0.1, -0.05) is 0 Å². The molecular formula is C8H7O5. The van der Waals surface area contributed by atoms with Gasteiger partial charge in [0.1, 0.15) is 7.11 Å². The Morgan fingerprint density at radius 2 is 1.69 bits per heavy atom. The lowest BCUT2D eigenvalue weighted by Gasteiger charge is -2.03. The van der Waals surface area contributed by atoms with Crippen LogP contribution in [-0.4, -0.2) is 21.3 Å². The summed E-state index contributed by atoms with van der Waals surface area (Å²) in [7, 11) is 2.87. The smallest absolute Gasteiger partial charge is 0.338 e. The molecular weight excluding hydrogens is 176 g/mol. The largest absolute Gasteiger partial charge is 0.504 e. The fourth-order valence-corrected chi connectivity index (χ4v) is 0.805. The highest BCUT2D eigenvalue weighted by Gasteiger charge is 2.13. The van der Waals surface area contributed by atoms with Gasteiger partial charge in [0.2, 0.25) is 0 Å². The van der Waals surface area contributed by atoms with Gasteiger partial charge in [-0.15, -0.1) is 0 Å². The van der Waals surface area contributed by atoms with Crippen molar-refractivity contribution in [3.63, 3.8) is 0 Å². The van der Waals surface area contributed by atoms with Crippen LogP contribution in [0.3, 0.4) is 0 Å². The molecule has 0 unspecified atom stereocenters. The third-order valence-electron chi connectivity index (χ3n) is 1.44. The van der Waals surface area contributed by atoms with Gasteiger partial charge >= 0.3 is 5.97 Å². The van der Waals surface area contributed by atoms with E-state index in [4.69, 9.17) is 15.3 Å². The highest BCUT2D eigenvalue weighted by molar-refractivity contribution is 5.91. The summed E-state index contributed by atoms with van der Waals surface area (Å²) < 4.78 is 4.09. The molecule has 0 aliphatic rings. The van der Waals surface area contributed by atoms with Crippen LogP contribution < -0.4 is 0 Å². The van der Waals surface area contributed by atoms with Crippen LogP contribution in [0, 0.1) is 7.11 Å². The molecule has 0 heterocycles. The lowest BCUT2D eigenvalue weighted by Crippen LogP contribution is -1.98. The van der Waals surface area contributed by atoms with Crippen LogP contribution in [0.25, 0.3) is 0 Å². The molecule has 0 amide bonds. The molecule has 13 heavy (non-hydrogen) atoms. The zero-order valence-electron chi connectivity index (χ0n) is 6.52. The second-order valence-corrected chi connectivity index (χ2v) is 2.29. The van der Waals surface area contributed by atoms with E-state index in [0.717, 1.165) is 12.1 Å². The Bertz CT molecular complexity index is 321. The standard InChI is InChI=1S/C8H7O5/c1-13-8(12)4-2-5(9)7(11)6(10)3-4/h2-3,9-11H,1H2. The third kappa shape index (κ3) is 1.64. The van der Waals surface area contributed by atoms with Crippen LogP contribution in [-0.2, 0) is 4.74 Å². The van der Waals surface area contributed by atoms with E-state index in [0.29, 0.717) is 0 Å². The fourth-order valence-electron chi connectivity index (χ4n) is 0.805. The SMILES string of the molecule is [CH2]OC(=O)c1cc(O)c(O)c(O)c1. The van der Waals surface area contributed by atoms with Crippen LogP contribution in [0.2, 0.25) is 0 Å². The zero-order chi connectivity index (χ0) is 10.0. The van der Waals surface area contributed by atoms with E-state index in [1.807, 2.05) is 0 Å². The highest BCUT2D eigenvalue weighted by atomic mass is 16.5. The molecule has 69 valence electrons. The first-order valence-corrected chi connectivity index (χ1v) is 3.27. The lowest BCUT2D eigenvalue weighted by atomic mass is 10.2. The highest BCUT2D eigenvalue weighted by Crippen LogP contribution is 2.35. The van der Waals surface area contributed by atoms with Crippen LogP contribution in [0.4, 0.5) is 0 Å². The maximum Gasteiger partial charge on any atom is 0.338 e. The molecule has 0 bridgehead atoms. The number of rotatable bonds is 1. The van der Waals surface area contributed by atoms with Gasteiger partial charge < -0.3 is 20.1 Å². The van der Waals surface area contributed by atoms with Crippen LogP contribution in [0.15, 0.2) is 12.1 Å². The average molecular weight is 183 g/mol. The molecule has 0 aliphatic carbocycles. The first-order chi connectivity index (χ1) is 6.06. The Morgan fingerprint density at radius 1 is 1.23 bits per heavy atom. The Labute approximate surface area is 73.8 Å². The minimum atomic E-state index is -0.814. The molecule has 5 nitrogen and oxygen atoms in total. The molecule has 3 N–H and O–H groups in total. The second-order valence-electron chi connectivity index (χ2n) is 2.29. The Kier molecular flexibility index (Phi) is 2.27. The zero-order valence-corrected chi connectivity index (χ0v) is 6.52. The molecule has 0 aromatic heterocycles. The summed E-state index contributed by atoms with van der Waals surface area (Å²) in [6, 6.07) is 1.92. The predicted octanol–water partition coefficient (Wildman–Crippen LogP) is 0.752. The number of esters is 1. The number of hydrogen-bond acceptors (Lipinski definition) is 5. The molecule has 1 rings (SSSR count). The van der Waals surface area contributed by atoms with Gasteiger partial charge in [0.25, 0.3) is 0 Å². The van der Waals surface area contributed by atoms with Crippen molar-refractivity contribution >= 4 is 5.97 Å². The quantitative estimate of drug-likeness (QED) is 0.441. The van der Waals surface area contributed by atoms with Crippen LogP contribution in [0.1, 0.15) is 10.4 Å². The molecule has 0 aliphatic heterocycles. The number of hydrogen-bond donors (Lipinski definition) is 3. The van der Waals surface area contributed by atoms with Gasteiger partial charge in [-0.2, -0.15) is 0 Å². The van der Waals surface area contributed by atoms with Crippen molar-refractivity contribution in [3.05, 3.63) is 24.8 Å². The van der Waals surface area contributed by atoms with Crippen molar-refractivity contribution in [2.24, 2.45) is 0 Å². The summed E-state index contributed by atoms with van der Waals surface area (Å²) in [5.74, 6) is -2.69. The number of carbonyl (C=O) groups is 1. The normalized spacial score (nSPS) is 9.62. The summed E-state index contributed by atoms with van der Waals surface area (Å²) in [5, 5.41) is 26.9. The van der Waals surface area contributed by atoms with Crippen LogP contribution >= 0.6 is 0 Å². The van der Waals surface area contributed by atoms with Gasteiger partial charge in [0.05, 0.1) is 5.56 Å². The van der Waals surface area contributed by atoms with Crippen molar-refractivity contribution in [2.75, 3.05) is 0 Å². The molecule has 5 heteroatoms. The Hall–Kier alpha value is -1.91.